The Kier molecular flexibility index (Phi) is 5.48. The van der Waals surface area contributed by atoms with E-state index in [0.717, 1.165) is 22.0 Å². The molecule has 3 aromatic rings. The molecule has 29 heavy (non-hydrogen) atoms. The lowest BCUT2D eigenvalue weighted by atomic mass is 10.1. The summed E-state index contributed by atoms with van der Waals surface area (Å²) in [5, 5.41) is 5.73. The van der Waals surface area contributed by atoms with Crippen molar-refractivity contribution < 1.29 is 14.4 Å². The third-order valence-electron chi connectivity index (χ3n) is 4.70. The maximum Gasteiger partial charge on any atom is 0.261 e. The standard InChI is InChI=1S/C22H19N3O3S/c26-19(10-11-25-21(27)17-8-4-5-9-18(17)22(25)28)23-13-16-14-29-20(24-16)12-15-6-2-1-3-7-15/h1-9,14H,10-13H2,(H,23,26). The van der Waals surface area contributed by atoms with Gasteiger partial charge in [0.1, 0.15) is 0 Å². The predicted octanol–water partition coefficient (Wildman–Crippen LogP) is 3.04. The minimum absolute atomic E-state index is 0.0620. The average Bonchev–Trinajstić information content (AvgIpc) is 3.29. The van der Waals surface area contributed by atoms with Crippen molar-refractivity contribution in [3.05, 3.63) is 87.4 Å². The molecule has 2 heterocycles. The Balaban J connectivity index is 1.26. The molecule has 146 valence electrons. The van der Waals surface area contributed by atoms with Crippen molar-refractivity contribution in [2.45, 2.75) is 19.4 Å². The molecule has 0 atom stereocenters. The fourth-order valence-electron chi connectivity index (χ4n) is 3.21. The van der Waals surface area contributed by atoms with E-state index in [-0.39, 0.29) is 30.7 Å². The second-order valence-electron chi connectivity index (χ2n) is 6.73. The normalized spacial score (nSPS) is 12.9. The zero-order chi connectivity index (χ0) is 20.2. The van der Waals surface area contributed by atoms with Gasteiger partial charge in [0.15, 0.2) is 0 Å². The third-order valence-corrected chi connectivity index (χ3v) is 5.60. The second kappa shape index (κ2) is 8.36. The Bertz CT molecular complexity index is 1030. The molecule has 4 rings (SSSR count). The van der Waals surface area contributed by atoms with E-state index in [1.165, 1.54) is 5.56 Å². The summed E-state index contributed by atoms with van der Waals surface area (Å²) in [5.41, 5.74) is 2.78. The zero-order valence-electron chi connectivity index (χ0n) is 15.6. The van der Waals surface area contributed by atoms with Crippen LogP contribution in [-0.2, 0) is 17.8 Å². The largest absolute Gasteiger partial charge is 0.350 e. The lowest BCUT2D eigenvalue weighted by Gasteiger charge is -2.13. The van der Waals surface area contributed by atoms with E-state index in [9.17, 15) is 14.4 Å². The van der Waals surface area contributed by atoms with Gasteiger partial charge in [-0.25, -0.2) is 4.98 Å². The molecule has 1 aliphatic rings. The third kappa shape index (κ3) is 4.25. The quantitative estimate of drug-likeness (QED) is 0.613. The summed E-state index contributed by atoms with van der Waals surface area (Å²) in [4.78, 5) is 42.5. The van der Waals surface area contributed by atoms with Gasteiger partial charge in [0.2, 0.25) is 5.91 Å². The van der Waals surface area contributed by atoms with Crippen LogP contribution in [-0.4, -0.2) is 34.2 Å². The van der Waals surface area contributed by atoms with Crippen molar-refractivity contribution in [3.63, 3.8) is 0 Å². The molecule has 0 aliphatic carbocycles. The van der Waals surface area contributed by atoms with Gasteiger partial charge in [-0.3, -0.25) is 19.3 Å². The Labute approximate surface area is 172 Å². The molecule has 1 aromatic heterocycles. The Morgan fingerprint density at radius 2 is 1.62 bits per heavy atom. The first kappa shape index (κ1) is 19.0. The molecule has 0 unspecified atom stereocenters. The van der Waals surface area contributed by atoms with Crippen LogP contribution in [0.4, 0.5) is 0 Å². The number of hydrogen-bond donors (Lipinski definition) is 1. The minimum atomic E-state index is -0.344. The van der Waals surface area contributed by atoms with Gasteiger partial charge in [0.05, 0.1) is 28.4 Å². The number of rotatable bonds is 7. The van der Waals surface area contributed by atoms with E-state index in [1.807, 2.05) is 23.6 Å². The minimum Gasteiger partial charge on any atom is -0.350 e. The number of hydrogen-bond acceptors (Lipinski definition) is 5. The summed E-state index contributed by atoms with van der Waals surface area (Å²) in [6.45, 7) is 0.390. The van der Waals surface area contributed by atoms with Crippen LogP contribution in [0.1, 0.15) is 43.4 Å². The SMILES string of the molecule is O=C(CCN1C(=O)c2ccccc2C1=O)NCc1csc(Cc2ccccc2)n1. The van der Waals surface area contributed by atoms with Crippen molar-refractivity contribution in [2.75, 3.05) is 6.54 Å². The van der Waals surface area contributed by atoms with Crippen LogP contribution in [0.3, 0.4) is 0 Å². The fourth-order valence-corrected chi connectivity index (χ4v) is 4.04. The van der Waals surface area contributed by atoms with Gasteiger partial charge in [0, 0.05) is 24.8 Å². The molecule has 6 nitrogen and oxygen atoms in total. The molecule has 0 bridgehead atoms. The highest BCUT2D eigenvalue weighted by molar-refractivity contribution is 7.09. The summed E-state index contributed by atoms with van der Waals surface area (Å²) in [7, 11) is 0. The van der Waals surface area contributed by atoms with Crippen LogP contribution >= 0.6 is 11.3 Å². The van der Waals surface area contributed by atoms with Gasteiger partial charge < -0.3 is 5.32 Å². The molecule has 2 aromatic carbocycles. The summed E-state index contributed by atoms with van der Waals surface area (Å²) in [6.07, 6.45) is 0.825. The highest BCUT2D eigenvalue weighted by atomic mass is 32.1. The predicted molar refractivity (Wildman–Crippen MR) is 110 cm³/mol. The highest BCUT2D eigenvalue weighted by Crippen LogP contribution is 2.22. The number of carbonyl (C=O) groups excluding carboxylic acids is 3. The number of imide groups is 1. The van der Waals surface area contributed by atoms with Crippen LogP contribution in [0.2, 0.25) is 0 Å². The maximum atomic E-state index is 12.3. The van der Waals surface area contributed by atoms with Crippen LogP contribution in [0.5, 0.6) is 0 Å². The van der Waals surface area contributed by atoms with Crippen LogP contribution in [0.15, 0.2) is 60.0 Å². The van der Waals surface area contributed by atoms with Crippen LogP contribution in [0, 0.1) is 0 Å². The molecule has 1 aliphatic heterocycles. The van der Waals surface area contributed by atoms with Gasteiger partial charge in [-0.2, -0.15) is 0 Å². The van der Waals surface area contributed by atoms with Crippen molar-refractivity contribution in [3.8, 4) is 0 Å². The lowest BCUT2D eigenvalue weighted by molar-refractivity contribution is -0.121. The monoisotopic (exact) mass is 405 g/mol. The number of fused-ring (bicyclic) bond motifs is 1. The molecular weight excluding hydrogens is 386 g/mol. The Morgan fingerprint density at radius 1 is 0.966 bits per heavy atom. The van der Waals surface area contributed by atoms with E-state index in [4.69, 9.17) is 0 Å². The summed E-state index contributed by atoms with van der Waals surface area (Å²) in [5.74, 6) is -0.911. The Morgan fingerprint density at radius 3 is 2.31 bits per heavy atom. The summed E-state index contributed by atoms with van der Waals surface area (Å²) in [6, 6.07) is 16.8. The van der Waals surface area contributed by atoms with Gasteiger partial charge >= 0.3 is 0 Å². The molecule has 0 saturated heterocycles. The van der Waals surface area contributed by atoms with E-state index >= 15 is 0 Å². The van der Waals surface area contributed by atoms with E-state index < -0.39 is 0 Å². The van der Waals surface area contributed by atoms with E-state index in [1.54, 1.807) is 35.6 Å². The number of aromatic nitrogens is 1. The number of nitrogens with zero attached hydrogens (tertiary/aromatic N) is 2. The van der Waals surface area contributed by atoms with Crippen LogP contribution in [0.25, 0.3) is 0 Å². The summed E-state index contributed by atoms with van der Waals surface area (Å²) < 4.78 is 0. The van der Waals surface area contributed by atoms with Crippen molar-refractivity contribution >= 4 is 29.1 Å². The molecule has 1 N–H and O–H groups in total. The number of nitrogens with one attached hydrogen (secondary N) is 1. The first-order valence-corrected chi connectivity index (χ1v) is 10.2. The van der Waals surface area contributed by atoms with Gasteiger partial charge in [-0.1, -0.05) is 42.5 Å². The molecular formula is C22H19N3O3S. The van der Waals surface area contributed by atoms with Gasteiger partial charge in [0.25, 0.3) is 11.8 Å². The van der Waals surface area contributed by atoms with Gasteiger partial charge in [-0.05, 0) is 17.7 Å². The fraction of sp³-hybridized carbons (Fsp3) is 0.182. The molecule has 0 radical (unpaired) electrons. The highest BCUT2D eigenvalue weighted by Gasteiger charge is 2.34. The number of benzene rings is 2. The number of amides is 3. The number of carbonyl (C=O) groups is 3. The van der Waals surface area contributed by atoms with Gasteiger partial charge in [-0.15, -0.1) is 11.3 Å². The zero-order valence-corrected chi connectivity index (χ0v) is 16.4. The van der Waals surface area contributed by atoms with Crippen molar-refractivity contribution in [1.82, 2.24) is 15.2 Å². The molecule has 0 saturated carbocycles. The lowest BCUT2D eigenvalue weighted by Crippen LogP contribution is -2.34. The van der Waals surface area contributed by atoms with E-state index in [0.29, 0.717) is 17.7 Å². The summed E-state index contributed by atoms with van der Waals surface area (Å²) >= 11 is 1.56. The Hall–Kier alpha value is -3.32. The first-order chi connectivity index (χ1) is 14.1. The molecule has 0 spiro atoms. The molecule has 0 fully saturated rings. The van der Waals surface area contributed by atoms with Crippen molar-refractivity contribution in [1.29, 1.82) is 0 Å². The molecule has 3 amide bonds. The molecule has 7 heteroatoms. The smallest absolute Gasteiger partial charge is 0.261 e. The number of thiazole rings is 1. The average molecular weight is 405 g/mol. The van der Waals surface area contributed by atoms with Crippen molar-refractivity contribution in [2.24, 2.45) is 0 Å². The first-order valence-electron chi connectivity index (χ1n) is 9.31. The second-order valence-corrected chi connectivity index (χ2v) is 7.67. The van der Waals surface area contributed by atoms with Crippen LogP contribution < -0.4 is 5.32 Å². The maximum absolute atomic E-state index is 12.3. The van der Waals surface area contributed by atoms with E-state index in [2.05, 4.69) is 22.4 Å². The topological polar surface area (TPSA) is 79.4 Å².